The van der Waals surface area contributed by atoms with Crippen LogP contribution in [0.3, 0.4) is 0 Å². The Hall–Kier alpha value is -1.38. The summed E-state index contributed by atoms with van der Waals surface area (Å²) < 4.78 is 2.53. The van der Waals surface area contributed by atoms with E-state index in [1.807, 2.05) is 0 Å². The van der Waals surface area contributed by atoms with Gasteiger partial charge in [-0.2, -0.15) is 0 Å². The predicted octanol–water partition coefficient (Wildman–Crippen LogP) is 5.97. The first-order valence-electron chi connectivity index (χ1n) is 5.82. The number of hydrogen-bond acceptors (Lipinski definition) is 1. The summed E-state index contributed by atoms with van der Waals surface area (Å²) in [4.78, 5) is 0. The van der Waals surface area contributed by atoms with Gasteiger partial charge in [0.15, 0.2) is 0 Å². The molecule has 0 nitrogen and oxygen atoms in total. The summed E-state index contributed by atoms with van der Waals surface area (Å²) in [6.45, 7) is 0. The highest BCUT2D eigenvalue weighted by molar-refractivity contribution is 9.11. The second-order valence-electron chi connectivity index (χ2n) is 4.45. The predicted molar refractivity (Wildman–Crippen MR) is 84.5 cm³/mol. The third kappa shape index (κ3) is 1.49. The van der Waals surface area contributed by atoms with Gasteiger partial charge in [-0.05, 0) is 61.7 Å². The molecule has 86 valence electrons. The van der Waals surface area contributed by atoms with Crippen molar-refractivity contribution >= 4 is 58.9 Å². The van der Waals surface area contributed by atoms with E-state index in [1.54, 1.807) is 11.3 Å². The Morgan fingerprint density at radius 2 is 1.50 bits per heavy atom. The fraction of sp³-hybridized carbons (Fsp3) is 0. The van der Waals surface area contributed by atoms with Crippen molar-refractivity contribution < 1.29 is 0 Å². The molecule has 2 heteroatoms. The van der Waals surface area contributed by atoms with Gasteiger partial charge in [0, 0.05) is 10.1 Å². The lowest BCUT2D eigenvalue weighted by atomic mass is 10.0. The van der Waals surface area contributed by atoms with E-state index in [4.69, 9.17) is 0 Å². The number of rotatable bonds is 0. The van der Waals surface area contributed by atoms with Crippen LogP contribution in [0, 0.1) is 0 Å². The Bertz CT molecular complexity index is 889. The molecule has 0 bridgehead atoms. The number of benzene rings is 3. The molecule has 0 atom stereocenters. The molecule has 18 heavy (non-hydrogen) atoms. The molecule has 0 aliphatic carbocycles. The van der Waals surface area contributed by atoms with Gasteiger partial charge in [0.05, 0.1) is 3.79 Å². The van der Waals surface area contributed by atoms with Crippen molar-refractivity contribution in [3.8, 4) is 0 Å². The summed E-state index contributed by atoms with van der Waals surface area (Å²) in [5.74, 6) is 0. The molecule has 0 fully saturated rings. The molecule has 0 unspecified atom stereocenters. The monoisotopic (exact) mass is 312 g/mol. The Balaban J connectivity index is 2.26. The Kier molecular flexibility index (Phi) is 2.23. The van der Waals surface area contributed by atoms with Crippen LogP contribution in [0.4, 0.5) is 0 Å². The zero-order valence-electron chi connectivity index (χ0n) is 9.48. The summed E-state index contributed by atoms with van der Waals surface area (Å²) in [6.07, 6.45) is 0. The van der Waals surface area contributed by atoms with Gasteiger partial charge < -0.3 is 0 Å². The highest BCUT2D eigenvalue weighted by Crippen LogP contribution is 2.36. The smallest absolute Gasteiger partial charge is 0.0711 e. The van der Waals surface area contributed by atoms with Gasteiger partial charge in [0.2, 0.25) is 0 Å². The van der Waals surface area contributed by atoms with E-state index in [2.05, 4.69) is 70.5 Å². The van der Waals surface area contributed by atoms with Crippen LogP contribution < -0.4 is 0 Å². The topological polar surface area (TPSA) is 0 Å². The van der Waals surface area contributed by atoms with Gasteiger partial charge in [-0.1, -0.05) is 30.3 Å². The van der Waals surface area contributed by atoms with Crippen molar-refractivity contribution in [2.45, 2.75) is 0 Å². The molecule has 0 spiro atoms. The Morgan fingerprint density at radius 3 is 2.33 bits per heavy atom. The van der Waals surface area contributed by atoms with Crippen LogP contribution >= 0.6 is 27.3 Å². The molecule has 0 amide bonds. The third-order valence-corrected chi connectivity index (χ3v) is 4.96. The van der Waals surface area contributed by atoms with E-state index >= 15 is 0 Å². The molecule has 0 radical (unpaired) electrons. The van der Waals surface area contributed by atoms with E-state index < -0.39 is 0 Å². The normalized spacial score (nSPS) is 11.6. The van der Waals surface area contributed by atoms with Gasteiger partial charge in [-0.3, -0.25) is 0 Å². The van der Waals surface area contributed by atoms with Crippen LogP contribution in [-0.2, 0) is 0 Å². The lowest BCUT2D eigenvalue weighted by Gasteiger charge is -2.03. The fourth-order valence-electron chi connectivity index (χ4n) is 2.50. The molecule has 1 heterocycles. The second kappa shape index (κ2) is 3.81. The summed E-state index contributed by atoms with van der Waals surface area (Å²) in [7, 11) is 0. The number of fused-ring (bicyclic) bond motifs is 4. The molecule has 0 saturated carbocycles. The van der Waals surface area contributed by atoms with Crippen molar-refractivity contribution in [1.82, 2.24) is 0 Å². The molecule has 1 aromatic heterocycles. The Labute approximate surface area is 117 Å². The van der Waals surface area contributed by atoms with Crippen LogP contribution in [0.1, 0.15) is 0 Å². The number of thiophene rings is 1. The lowest BCUT2D eigenvalue weighted by molar-refractivity contribution is 1.80. The minimum atomic E-state index is 1.19. The first kappa shape index (κ1) is 10.5. The van der Waals surface area contributed by atoms with Gasteiger partial charge in [0.25, 0.3) is 0 Å². The fourth-order valence-corrected chi connectivity index (χ4v) is 4.06. The molecular formula is C16H9BrS. The first-order valence-corrected chi connectivity index (χ1v) is 7.43. The van der Waals surface area contributed by atoms with E-state index in [0.717, 1.165) is 0 Å². The van der Waals surface area contributed by atoms with E-state index in [1.165, 1.54) is 35.4 Å². The van der Waals surface area contributed by atoms with Crippen LogP contribution in [0.2, 0.25) is 0 Å². The standard InChI is InChI=1S/C16H9BrS/c17-16-9-14-13-8-11-4-2-1-3-10(11)7-12(13)5-6-15(14)18-16/h1-9H. The maximum absolute atomic E-state index is 3.58. The van der Waals surface area contributed by atoms with Crippen LogP contribution in [0.15, 0.2) is 58.4 Å². The number of hydrogen-bond donors (Lipinski definition) is 0. The van der Waals surface area contributed by atoms with Gasteiger partial charge in [-0.15, -0.1) is 11.3 Å². The van der Waals surface area contributed by atoms with E-state index in [9.17, 15) is 0 Å². The molecule has 0 aliphatic rings. The second-order valence-corrected chi connectivity index (χ2v) is 6.91. The van der Waals surface area contributed by atoms with Crippen molar-refractivity contribution in [3.63, 3.8) is 0 Å². The zero-order valence-corrected chi connectivity index (χ0v) is 11.9. The quantitative estimate of drug-likeness (QED) is 0.351. The summed E-state index contributed by atoms with van der Waals surface area (Å²) in [5, 5.41) is 6.60. The van der Waals surface area contributed by atoms with Crippen molar-refractivity contribution in [1.29, 1.82) is 0 Å². The highest BCUT2D eigenvalue weighted by Gasteiger charge is 2.05. The summed E-state index contributed by atoms with van der Waals surface area (Å²) in [5.41, 5.74) is 0. The largest absolute Gasteiger partial charge is 0.128 e. The summed E-state index contributed by atoms with van der Waals surface area (Å²) in [6, 6.07) is 19.7. The SMILES string of the molecule is Brc1cc2c(ccc3cc4ccccc4cc32)s1. The van der Waals surface area contributed by atoms with Gasteiger partial charge >= 0.3 is 0 Å². The average molecular weight is 313 g/mol. The van der Waals surface area contributed by atoms with Crippen molar-refractivity contribution in [2.75, 3.05) is 0 Å². The molecule has 0 N–H and O–H groups in total. The molecule has 3 aromatic carbocycles. The molecular weight excluding hydrogens is 304 g/mol. The zero-order chi connectivity index (χ0) is 12.1. The minimum Gasteiger partial charge on any atom is -0.128 e. The highest BCUT2D eigenvalue weighted by atomic mass is 79.9. The Morgan fingerprint density at radius 1 is 0.722 bits per heavy atom. The molecule has 0 saturated heterocycles. The maximum Gasteiger partial charge on any atom is 0.0711 e. The summed E-state index contributed by atoms with van der Waals surface area (Å²) >= 11 is 5.37. The van der Waals surface area contributed by atoms with Gasteiger partial charge in [-0.25, -0.2) is 0 Å². The van der Waals surface area contributed by atoms with Gasteiger partial charge in [0.1, 0.15) is 0 Å². The lowest BCUT2D eigenvalue weighted by Crippen LogP contribution is -1.76. The van der Waals surface area contributed by atoms with Crippen LogP contribution in [-0.4, -0.2) is 0 Å². The maximum atomic E-state index is 3.58. The minimum absolute atomic E-state index is 1.19. The van der Waals surface area contributed by atoms with Crippen molar-refractivity contribution in [3.05, 3.63) is 58.4 Å². The molecule has 4 rings (SSSR count). The van der Waals surface area contributed by atoms with E-state index in [-0.39, 0.29) is 0 Å². The van der Waals surface area contributed by atoms with Crippen LogP contribution in [0.5, 0.6) is 0 Å². The van der Waals surface area contributed by atoms with E-state index in [0.29, 0.717) is 0 Å². The first-order chi connectivity index (χ1) is 8.81. The van der Waals surface area contributed by atoms with Crippen molar-refractivity contribution in [2.24, 2.45) is 0 Å². The molecule has 0 aliphatic heterocycles. The molecule has 4 aromatic rings. The average Bonchev–Trinajstić information content (AvgIpc) is 2.77. The van der Waals surface area contributed by atoms with Crippen LogP contribution in [0.25, 0.3) is 31.6 Å². The third-order valence-electron chi connectivity index (χ3n) is 3.35. The number of halogens is 1.